The van der Waals surface area contributed by atoms with Crippen LogP contribution in [0, 0.1) is 0 Å². The van der Waals surface area contributed by atoms with Crippen molar-refractivity contribution in [1.29, 1.82) is 0 Å². The quantitative estimate of drug-likeness (QED) is 0.495. The van der Waals surface area contributed by atoms with Gasteiger partial charge in [0.25, 0.3) is 5.91 Å². The van der Waals surface area contributed by atoms with E-state index in [9.17, 15) is 18.0 Å². The molecule has 0 aliphatic carbocycles. The first-order chi connectivity index (χ1) is 13.3. The fourth-order valence-corrected chi connectivity index (χ4v) is 3.87. The summed E-state index contributed by atoms with van der Waals surface area (Å²) in [7, 11) is -3.32. The predicted molar refractivity (Wildman–Crippen MR) is 110 cm³/mol. The van der Waals surface area contributed by atoms with Gasteiger partial charge < -0.3 is 0 Å². The van der Waals surface area contributed by atoms with E-state index in [1.807, 2.05) is 42.5 Å². The number of sulfone groups is 1. The maximum Gasteiger partial charge on any atom is 0.269 e. The van der Waals surface area contributed by atoms with Gasteiger partial charge in [-0.3, -0.25) is 20.4 Å². The van der Waals surface area contributed by atoms with Crippen molar-refractivity contribution in [3.05, 3.63) is 72.3 Å². The summed E-state index contributed by atoms with van der Waals surface area (Å²) in [6.07, 6.45) is 1.09. The van der Waals surface area contributed by atoms with Crippen LogP contribution < -0.4 is 10.9 Å². The summed E-state index contributed by atoms with van der Waals surface area (Å²) in [4.78, 5) is 25.1. The second-order valence-electron chi connectivity index (χ2n) is 6.10. The van der Waals surface area contributed by atoms with E-state index in [4.69, 9.17) is 0 Å². The molecule has 0 aliphatic rings. The monoisotopic (exact) mass is 414 g/mol. The van der Waals surface area contributed by atoms with Crippen LogP contribution in [-0.2, 0) is 14.6 Å². The molecule has 6 nitrogen and oxygen atoms in total. The Morgan fingerprint density at radius 3 is 2.25 bits per heavy atom. The number of carbonyl (C=O) groups excluding carboxylic acids is 2. The smallest absolute Gasteiger partial charge is 0.269 e. The van der Waals surface area contributed by atoms with Crippen LogP contribution in [0.25, 0.3) is 10.8 Å². The van der Waals surface area contributed by atoms with Gasteiger partial charge in [0.15, 0.2) is 9.84 Å². The molecule has 3 aromatic rings. The zero-order valence-electron chi connectivity index (χ0n) is 15.0. The van der Waals surface area contributed by atoms with Crippen molar-refractivity contribution in [2.45, 2.75) is 9.79 Å². The fraction of sp³-hybridized carbons (Fsp3) is 0.100. The highest BCUT2D eigenvalue weighted by atomic mass is 32.2. The van der Waals surface area contributed by atoms with Crippen LogP contribution in [0.1, 0.15) is 10.4 Å². The standard InChI is InChI=1S/C20H18N2O4S2/c1-28(25,26)18-10-7-15(8-11-18)20(24)22-21-19(23)13-27-17-9-6-14-4-2-3-5-16(14)12-17/h2-12H,13H2,1H3,(H,21,23)(H,22,24). The Morgan fingerprint density at radius 1 is 0.893 bits per heavy atom. The molecule has 8 heteroatoms. The minimum atomic E-state index is -3.32. The van der Waals surface area contributed by atoms with E-state index in [1.165, 1.54) is 36.0 Å². The number of nitrogens with one attached hydrogen (secondary N) is 2. The number of hydrazine groups is 1. The first-order valence-corrected chi connectivity index (χ1v) is 11.2. The zero-order chi connectivity index (χ0) is 20.1. The van der Waals surface area contributed by atoms with E-state index in [1.54, 1.807) is 0 Å². The van der Waals surface area contributed by atoms with Gasteiger partial charge in [-0.05, 0) is 47.2 Å². The number of carbonyl (C=O) groups is 2. The zero-order valence-corrected chi connectivity index (χ0v) is 16.6. The Balaban J connectivity index is 1.51. The molecule has 2 N–H and O–H groups in total. The van der Waals surface area contributed by atoms with Gasteiger partial charge in [-0.15, -0.1) is 11.8 Å². The summed E-state index contributed by atoms with van der Waals surface area (Å²) in [5, 5.41) is 2.23. The maximum atomic E-state index is 12.0. The molecule has 0 aromatic heterocycles. The molecule has 0 bridgehead atoms. The Hall–Kier alpha value is -2.84. The number of fused-ring (bicyclic) bond motifs is 1. The van der Waals surface area contributed by atoms with Gasteiger partial charge >= 0.3 is 0 Å². The van der Waals surface area contributed by atoms with E-state index >= 15 is 0 Å². The second kappa shape index (κ2) is 8.45. The number of hydrogen-bond donors (Lipinski definition) is 2. The maximum absolute atomic E-state index is 12.0. The molecule has 0 aliphatic heterocycles. The lowest BCUT2D eigenvalue weighted by Crippen LogP contribution is -2.42. The van der Waals surface area contributed by atoms with Gasteiger partial charge in [-0.2, -0.15) is 0 Å². The van der Waals surface area contributed by atoms with Crippen molar-refractivity contribution in [3.63, 3.8) is 0 Å². The number of thioether (sulfide) groups is 1. The lowest BCUT2D eigenvalue weighted by Gasteiger charge is -2.08. The molecule has 0 spiro atoms. The molecule has 144 valence electrons. The summed E-state index contributed by atoms with van der Waals surface area (Å²) in [5.74, 6) is -0.727. The largest absolute Gasteiger partial charge is 0.272 e. The molecular formula is C20H18N2O4S2. The highest BCUT2D eigenvalue weighted by molar-refractivity contribution is 8.00. The van der Waals surface area contributed by atoms with E-state index in [0.29, 0.717) is 0 Å². The van der Waals surface area contributed by atoms with Gasteiger partial charge in [0.05, 0.1) is 10.6 Å². The number of hydrogen-bond acceptors (Lipinski definition) is 5. The lowest BCUT2D eigenvalue weighted by molar-refractivity contribution is -0.119. The van der Waals surface area contributed by atoms with Crippen LogP contribution in [0.15, 0.2) is 76.5 Å². The average molecular weight is 415 g/mol. The van der Waals surface area contributed by atoms with Gasteiger partial charge in [-0.25, -0.2) is 8.42 Å². The first kappa shape index (κ1) is 19.9. The summed E-state index contributed by atoms with van der Waals surface area (Å²) in [6, 6.07) is 19.4. The van der Waals surface area contributed by atoms with E-state index in [0.717, 1.165) is 21.9 Å². The van der Waals surface area contributed by atoms with Crippen LogP contribution in [0.2, 0.25) is 0 Å². The van der Waals surface area contributed by atoms with Crippen molar-refractivity contribution in [1.82, 2.24) is 10.9 Å². The number of rotatable bonds is 5. The van der Waals surface area contributed by atoms with Crippen molar-refractivity contribution in [2.24, 2.45) is 0 Å². The Labute approximate surface area is 167 Å². The van der Waals surface area contributed by atoms with E-state index < -0.39 is 15.7 Å². The van der Waals surface area contributed by atoms with Crippen LogP contribution in [0.3, 0.4) is 0 Å². The molecule has 0 saturated carbocycles. The van der Waals surface area contributed by atoms with Crippen molar-refractivity contribution < 1.29 is 18.0 Å². The van der Waals surface area contributed by atoms with Crippen LogP contribution >= 0.6 is 11.8 Å². The summed E-state index contributed by atoms with van der Waals surface area (Å²) in [6.45, 7) is 0. The molecule has 0 fully saturated rings. The molecule has 0 saturated heterocycles. The van der Waals surface area contributed by atoms with Gasteiger partial charge in [0.2, 0.25) is 5.91 Å². The Morgan fingerprint density at radius 2 is 1.57 bits per heavy atom. The normalized spacial score (nSPS) is 11.2. The molecule has 3 aromatic carbocycles. The minimum Gasteiger partial charge on any atom is -0.272 e. The molecule has 0 heterocycles. The second-order valence-corrected chi connectivity index (χ2v) is 9.16. The molecule has 0 atom stereocenters. The number of amides is 2. The summed E-state index contributed by atoms with van der Waals surface area (Å²) < 4.78 is 22.9. The van der Waals surface area contributed by atoms with Crippen molar-refractivity contribution in [2.75, 3.05) is 12.0 Å². The Kier molecular flexibility index (Phi) is 6.01. The van der Waals surface area contributed by atoms with Crippen LogP contribution in [0.5, 0.6) is 0 Å². The summed E-state index contributed by atoms with van der Waals surface area (Å²) in [5.41, 5.74) is 4.92. The topological polar surface area (TPSA) is 92.3 Å². The molecule has 2 amide bonds. The van der Waals surface area contributed by atoms with Gasteiger partial charge in [0, 0.05) is 16.7 Å². The Bertz CT molecular complexity index is 1130. The highest BCUT2D eigenvalue weighted by Crippen LogP contribution is 2.23. The van der Waals surface area contributed by atoms with Crippen molar-refractivity contribution >= 4 is 44.2 Å². The average Bonchev–Trinajstić information content (AvgIpc) is 2.69. The van der Waals surface area contributed by atoms with E-state index in [-0.39, 0.29) is 22.1 Å². The van der Waals surface area contributed by atoms with Crippen LogP contribution in [0.4, 0.5) is 0 Å². The third-order valence-corrected chi connectivity index (χ3v) is 6.07. The lowest BCUT2D eigenvalue weighted by atomic mass is 10.1. The van der Waals surface area contributed by atoms with Crippen molar-refractivity contribution in [3.8, 4) is 0 Å². The number of benzene rings is 3. The third-order valence-electron chi connectivity index (χ3n) is 3.95. The molecule has 28 heavy (non-hydrogen) atoms. The molecule has 3 rings (SSSR count). The molecule has 0 radical (unpaired) electrons. The molecular weight excluding hydrogens is 396 g/mol. The van der Waals surface area contributed by atoms with E-state index in [2.05, 4.69) is 10.9 Å². The van der Waals surface area contributed by atoms with Crippen LogP contribution in [-0.4, -0.2) is 32.2 Å². The SMILES string of the molecule is CS(=O)(=O)c1ccc(C(=O)NNC(=O)CSc2ccc3ccccc3c2)cc1. The predicted octanol–water partition coefficient (Wildman–Crippen LogP) is 2.80. The minimum absolute atomic E-state index is 0.125. The highest BCUT2D eigenvalue weighted by Gasteiger charge is 2.11. The fourth-order valence-electron chi connectivity index (χ4n) is 2.49. The van der Waals surface area contributed by atoms with Gasteiger partial charge in [0.1, 0.15) is 0 Å². The molecule has 0 unspecified atom stereocenters. The first-order valence-electron chi connectivity index (χ1n) is 8.34. The van der Waals surface area contributed by atoms with Gasteiger partial charge in [-0.1, -0.05) is 30.3 Å². The third kappa shape index (κ3) is 5.11. The summed E-state index contributed by atoms with van der Waals surface area (Å²) >= 11 is 1.37.